The van der Waals surface area contributed by atoms with Crippen molar-refractivity contribution in [1.29, 1.82) is 0 Å². The highest BCUT2D eigenvalue weighted by molar-refractivity contribution is 9.10. The van der Waals surface area contributed by atoms with Crippen LogP contribution in [-0.2, 0) is 12.5 Å². The molecule has 0 bridgehead atoms. The van der Waals surface area contributed by atoms with Gasteiger partial charge in [0.15, 0.2) is 11.6 Å². The van der Waals surface area contributed by atoms with Gasteiger partial charge in [-0.1, -0.05) is 38.5 Å². The molecule has 200 valence electrons. The number of halogens is 3. The highest BCUT2D eigenvalue weighted by Crippen LogP contribution is 2.29. The molecule has 0 amide bonds. The van der Waals surface area contributed by atoms with Crippen LogP contribution in [-0.4, -0.2) is 50.2 Å². The van der Waals surface area contributed by atoms with Gasteiger partial charge in [0.1, 0.15) is 14.9 Å². The first-order chi connectivity index (χ1) is 17.5. The van der Waals surface area contributed by atoms with E-state index in [1.165, 1.54) is 64.2 Å². The van der Waals surface area contributed by atoms with Gasteiger partial charge >= 0.3 is 0 Å². The van der Waals surface area contributed by atoms with E-state index in [-0.39, 0.29) is 6.61 Å². The number of aromatic nitrogens is 4. The second kappa shape index (κ2) is 15.4. The Morgan fingerprint density at radius 1 is 0.778 bits per heavy atom. The minimum atomic E-state index is -0.0645. The third kappa shape index (κ3) is 7.98. The predicted octanol–water partition coefficient (Wildman–Crippen LogP) is 7.03. The van der Waals surface area contributed by atoms with Crippen LogP contribution in [0.25, 0.3) is 0 Å². The monoisotopic (exact) mass is 644 g/mol. The first kappa shape index (κ1) is 29.5. The Bertz CT molecular complexity index is 865. The maximum atomic E-state index is 9.44. The van der Waals surface area contributed by atoms with Crippen LogP contribution in [0, 0.1) is 0 Å². The number of alkyl halides is 1. The lowest BCUT2D eigenvalue weighted by atomic mass is 9.94. The van der Waals surface area contributed by atoms with Crippen molar-refractivity contribution in [2.75, 3.05) is 22.9 Å². The van der Waals surface area contributed by atoms with E-state index in [0.29, 0.717) is 28.3 Å². The Balaban J connectivity index is 0.000000201. The average molecular weight is 647 g/mol. The highest BCUT2D eigenvalue weighted by atomic mass is 79.9. The molecule has 0 radical (unpaired) electrons. The van der Waals surface area contributed by atoms with Crippen LogP contribution < -0.4 is 9.80 Å². The summed E-state index contributed by atoms with van der Waals surface area (Å²) >= 11 is 12.6. The van der Waals surface area contributed by atoms with Crippen molar-refractivity contribution in [3.05, 3.63) is 33.0 Å². The minimum Gasteiger partial charge on any atom is -0.390 e. The lowest BCUT2D eigenvalue weighted by Gasteiger charge is -2.35. The number of rotatable bonds is 8. The Labute approximate surface area is 237 Å². The molecule has 2 aromatic rings. The quantitative estimate of drug-likeness (QED) is 0.309. The molecular formula is C26H39Br2ClN6O. The molecular weight excluding hydrogens is 608 g/mol. The van der Waals surface area contributed by atoms with Gasteiger partial charge < -0.3 is 14.9 Å². The standard InChI is InChI=1S/C13H19BrClN3.C13H20BrN3O/c1-2-18(10-6-4-3-5-7-10)13-11(8-15)17-12(14)9-16-13;1-2-17(10-6-4-3-5-7-10)13-11(9-18)16-12(14)8-15-13/h9-10H,2-8H2,1H3;8,10,18H,2-7,9H2,1H3. The van der Waals surface area contributed by atoms with E-state index in [4.69, 9.17) is 11.6 Å². The highest BCUT2D eigenvalue weighted by Gasteiger charge is 2.24. The van der Waals surface area contributed by atoms with Crippen molar-refractivity contribution in [2.24, 2.45) is 0 Å². The minimum absolute atomic E-state index is 0.0645. The third-order valence-corrected chi connectivity index (χ3v) is 8.14. The van der Waals surface area contributed by atoms with E-state index in [0.717, 1.165) is 35.0 Å². The summed E-state index contributed by atoms with van der Waals surface area (Å²) < 4.78 is 1.43. The zero-order valence-corrected chi connectivity index (χ0v) is 25.4. The topological polar surface area (TPSA) is 78.3 Å². The molecule has 0 aliphatic heterocycles. The normalized spacial score (nSPS) is 16.8. The fraction of sp³-hybridized carbons (Fsp3) is 0.692. The van der Waals surface area contributed by atoms with Gasteiger partial charge in [0.05, 0.1) is 30.6 Å². The summed E-state index contributed by atoms with van der Waals surface area (Å²) in [5.74, 6) is 2.21. The van der Waals surface area contributed by atoms with Crippen molar-refractivity contribution in [1.82, 2.24) is 19.9 Å². The van der Waals surface area contributed by atoms with Crippen LogP contribution in [0.5, 0.6) is 0 Å². The zero-order valence-electron chi connectivity index (χ0n) is 21.5. The third-order valence-electron chi connectivity index (χ3n) is 7.12. The molecule has 0 aromatic carbocycles. The maximum absolute atomic E-state index is 9.44. The van der Waals surface area contributed by atoms with Crippen molar-refractivity contribution >= 4 is 55.1 Å². The van der Waals surface area contributed by atoms with E-state index >= 15 is 0 Å². The number of aliphatic hydroxyl groups excluding tert-OH is 1. The fourth-order valence-corrected chi connectivity index (χ4v) is 6.23. The Kier molecular flexibility index (Phi) is 12.6. The lowest BCUT2D eigenvalue weighted by molar-refractivity contribution is 0.275. The lowest BCUT2D eigenvalue weighted by Crippen LogP contribution is -2.38. The van der Waals surface area contributed by atoms with Gasteiger partial charge in [0.2, 0.25) is 0 Å². The molecule has 1 N–H and O–H groups in total. The van der Waals surface area contributed by atoms with E-state index in [1.807, 2.05) is 0 Å². The molecule has 0 spiro atoms. The van der Waals surface area contributed by atoms with Crippen LogP contribution in [0.3, 0.4) is 0 Å². The molecule has 0 atom stereocenters. The summed E-state index contributed by atoms with van der Waals surface area (Å²) in [5, 5.41) is 9.44. The van der Waals surface area contributed by atoms with Crippen LogP contribution in [0.15, 0.2) is 21.6 Å². The molecule has 2 fully saturated rings. The second-order valence-electron chi connectivity index (χ2n) is 9.37. The first-order valence-corrected chi connectivity index (χ1v) is 15.4. The largest absolute Gasteiger partial charge is 0.390 e. The Morgan fingerprint density at radius 2 is 1.19 bits per heavy atom. The summed E-state index contributed by atoms with van der Waals surface area (Å²) in [4.78, 5) is 22.4. The van der Waals surface area contributed by atoms with Crippen molar-refractivity contribution < 1.29 is 5.11 Å². The molecule has 0 saturated heterocycles. The molecule has 0 unspecified atom stereocenters. The SMILES string of the molecule is CCN(c1ncc(Br)nc1CCl)C1CCCCC1.CCN(c1ncc(Br)nc1CO)C1CCCCC1. The summed E-state index contributed by atoms with van der Waals surface area (Å²) in [6.45, 7) is 6.12. The van der Waals surface area contributed by atoms with Crippen molar-refractivity contribution in [3.8, 4) is 0 Å². The average Bonchev–Trinajstić information content (AvgIpc) is 2.92. The number of hydrogen-bond acceptors (Lipinski definition) is 7. The van der Waals surface area contributed by atoms with Crippen molar-refractivity contribution in [3.63, 3.8) is 0 Å². The van der Waals surface area contributed by atoms with Gasteiger partial charge in [-0.25, -0.2) is 19.9 Å². The first-order valence-electron chi connectivity index (χ1n) is 13.2. The van der Waals surface area contributed by atoms with Gasteiger partial charge in [-0.3, -0.25) is 0 Å². The van der Waals surface area contributed by atoms with Gasteiger partial charge in [-0.05, 0) is 71.4 Å². The zero-order chi connectivity index (χ0) is 25.9. The summed E-state index contributed by atoms with van der Waals surface area (Å²) in [6.07, 6.45) is 16.3. The smallest absolute Gasteiger partial charge is 0.153 e. The molecule has 36 heavy (non-hydrogen) atoms. The molecule has 2 aromatic heterocycles. The van der Waals surface area contributed by atoms with Gasteiger partial charge in [-0.15, -0.1) is 11.6 Å². The van der Waals surface area contributed by atoms with Gasteiger partial charge in [0, 0.05) is 25.2 Å². The Morgan fingerprint density at radius 3 is 1.58 bits per heavy atom. The molecule has 4 rings (SSSR count). The molecule has 2 aliphatic rings. The maximum Gasteiger partial charge on any atom is 0.153 e. The predicted molar refractivity (Wildman–Crippen MR) is 155 cm³/mol. The van der Waals surface area contributed by atoms with E-state index in [2.05, 4.69) is 75.4 Å². The van der Waals surface area contributed by atoms with E-state index in [1.54, 1.807) is 12.4 Å². The Hall–Kier alpha value is -1.03. The number of anilines is 2. The van der Waals surface area contributed by atoms with Gasteiger partial charge in [0.25, 0.3) is 0 Å². The molecule has 2 heterocycles. The molecule has 7 nitrogen and oxygen atoms in total. The van der Waals surface area contributed by atoms with E-state index in [9.17, 15) is 5.11 Å². The fourth-order valence-electron chi connectivity index (χ4n) is 5.42. The van der Waals surface area contributed by atoms with Crippen LogP contribution in [0.2, 0.25) is 0 Å². The van der Waals surface area contributed by atoms with Gasteiger partial charge in [-0.2, -0.15) is 0 Å². The van der Waals surface area contributed by atoms with Crippen LogP contribution in [0.4, 0.5) is 11.6 Å². The second-order valence-corrected chi connectivity index (χ2v) is 11.3. The van der Waals surface area contributed by atoms with Crippen LogP contribution >= 0.6 is 43.5 Å². The summed E-state index contributed by atoms with van der Waals surface area (Å²) in [5.41, 5.74) is 1.54. The molecule has 2 aliphatic carbocycles. The summed E-state index contributed by atoms with van der Waals surface area (Å²) in [7, 11) is 0. The van der Waals surface area contributed by atoms with Crippen LogP contribution in [0.1, 0.15) is 89.4 Å². The molecule has 10 heteroatoms. The van der Waals surface area contributed by atoms with Crippen molar-refractivity contribution in [2.45, 2.75) is 103 Å². The number of aliphatic hydroxyl groups is 1. The number of hydrogen-bond donors (Lipinski definition) is 1. The summed E-state index contributed by atoms with van der Waals surface area (Å²) in [6, 6.07) is 1.14. The van der Waals surface area contributed by atoms with E-state index < -0.39 is 0 Å². The number of nitrogens with zero attached hydrogens (tertiary/aromatic N) is 6. The molecule has 2 saturated carbocycles.